The number of hydrogen-bond donors (Lipinski definition) is 4. The largest absolute Gasteiger partial charge is 0.374 e. The molecule has 8 rings (SSSR count). The normalized spacial score (nSPS) is 24.5. The van der Waals surface area contributed by atoms with Crippen molar-refractivity contribution in [2.75, 3.05) is 23.7 Å². The number of anilines is 2. The van der Waals surface area contributed by atoms with Crippen LogP contribution in [0.15, 0.2) is 71.8 Å². The molecule has 1 aromatic carbocycles. The van der Waals surface area contributed by atoms with Crippen LogP contribution in [-0.4, -0.2) is 79.4 Å². The van der Waals surface area contributed by atoms with Gasteiger partial charge in [0.2, 0.25) is 23.7 Å². The minimum atomic E-state index is -0.617. The van der Waals surface area contributed by atoms with Crippen LogP contribution in [0.1, 0.15) is 88.5 Å². The first-order chi connectivity index (χ1) is 28.2. The van der Waals surface area contributed by atoms with Gasteiger partial charge in [-0.05, 0) is 126 Å². The Labute approximate surface area is 335 Å². The molecule has 0 spiro atoms. The zero-order valence-electron chi connectivity index (χ0n) is 32.3. The SMILES string of the molecule is O=C1CCC(Nc2ccc(C3CCN(C4CCC(NC(=O)C5CCC(Nc6ncc(F)c(-c7cccc(-n8ccccc8=O)n7)n6)CC5)CC4)CC3)c(F)c2)C(=O)N1. The van der Waals surface area contributed by atoms with Crippen molar-refractivity contribution in [2.24, 2.45) is 5.92 Å². The number of carbonyl (C=O) groups excluding carboxylic acids is 3. The Morgan fingerprint density at radius 2 is 1.55 bits per heavy atom. The summed E-state index contributed by atoms with van der Waals surface area (Å²) in [6.07, 6.45) is 12.0. The lowest BCUT2D eigenvalue weighted by Gasteiger charge is -2.41. The highest BCUT2D eigenvalue weighted by atomic mass is 19.1. The van der Waals surface area contributed by atoms with Crippen LogP contribution in [0, 0.1) is 17.6 Å². The second-order valence-corrected chi connectivity index (χ2v) is 16.1. The smallest absolute Gasteiger partial charge is 0.256 e. The average molecular weight is 794 g/mol. The van der Waals surface area contributed by atoms with Gasteiger partial charge < -0.3 is 20.9 Å². The van der Waals surface area contributed by atoms with Crippen LogP contribution in [0.4, 0.5) is 20.4 Å². The molecular formula is C43H49F2N9O4. The van der Waals surface area contributed by atoms with Gasteiger partial charge in [0, 0.05) is 48.4 Å². The molecule has 1 unspecified atom stereocenters. The molecule has 3 amide bonds. The molecule has 0 radical (unpaired) electrons. The lowest BCUT2D eigenvalue weighted by atomic mass is 9.83. The van der Waals surface area contributed by atoms with Crippen molar-refractivity contribution in [2.45, 2.75) is 107 Å². The van der Waals surface area contributed by atoms with E-state index in [1.807, 2.05) is 12.1 Å². The number of likely N-dealkylation sites (tertiary alicyclic amines) is 1. The number of pyridine rings is 2. The van der Waals surface area contributed by atoms with Crippen LogP contribution in [0.2, 0.25) is 0 Å². The number of hydrogen-bond acceptors (Lipinski definition) is 10. The summed E-state index contributed by atoms with van der Waals surface area (Å²) in [5.41, 5.74) is 1.32. The van der Waals surface area contributed by atoms with Crippen LogP contribution in [-0.2, 0) is 14.4 Å². The van der Waals surface area contributed by atoms with Gasteiger partial charge in [0.05, 0.1) is 11.9 Å². The summed E-state index contributed by atoms with van der Waals surface area (Å²) >= 11 is 0. The van der Waals surface area contributed by atoms with Crippen molar-refractivity contribution in [1.82, 2.24) is 35.1 Å². The van der Waals surface area contributed by atoms with Gasteiger partial charge in [-0.3, -0.25) is 29.1 Å². The molecule has 4 fully saturated rings. The fourth-order valence-corrected chi connectivity index (χ4v) is 9.07. The van der Waals surface area contributed by atoms with Gasteiger partial charge in [0.1, 0.15) is 23.4 Å². The Morgan fingerprint density at radius 1 is 0.776 bits per heavy atom. The first-order valence-corrected chi connectivity index (χ1v) is 20.6. The van der Waals surface area contributed by atoms with E-state index in [2.05, 4.69) is 41.1 Å². The highest BCUT2D eigenvalue weighted by molar-refractivity contribution is 6.01. The van der Waals surface area contributed by atoms with E-state index < -0.39 is 11.9 Å². The maximum Gasteiger partial charge on any atom is 0.256 e. The Balaban J connectivity index is 0.760. The first-order valence-electron chi connectivity index (χ1n) is 20.6. The summed E-state index contributed by atoms with van der Waals surface area (Å²) in [6, 6.07) is 15.1. The molecule has 5 heterocycles. The molecule has 1 atom stereocenters. The second kappa shape index (κ2) is 17.5. The van der Waals surface area contributed by atoms with Crippen LogP contribution in [0.3, 0.4) is 0 Å². The lowest BCUT2D eigenvalue weighted by Crippen LogP contribution is -2.47. The summed E-state index contributed by atoms with van der Waals surface area (Å²) in [7, 11) is 0. The molecule has 58 heavy (non-hydrogen) atoms. The molecular weight excluding hydrogens is 745 g/mol. The molecule has 0 bridgehead atoms. The molecule has 4 aliphatic rings. The van der Waals surface area contributed by atoms with E-state index >= 15 is 4.39 Å². The molecule has 304 valence electrons. The maximum absolute atomic E-state index is 15.3. The van der Waals surface area contributed by atoms with E-state index in [4.69, 9.17) is 0 Å². The summed E-state index contributed by atoms with van der Waals surface area (Å²) in [5.74, 6) is -0.704. The van der Waals surface area contributed by atoms with Gasteiger partial charge >= 0.3 is 0 Å². The van der Waals surface area contributed by atoms with Crippen LogP contribution in [0.25, 0.3) is 17.2 Å². The Morgan fingerprint density at radius 3 is 2.29 bits per heavy atom. The standard InChI is InChI=1S/C43H49F2N9O4/c44-33-24-30(47-36-17-18-38(55)51-42(36)58)13-16-32(33)26-19-22-53(23-20-26)31-14-11-28(12-15-31)48-41(57)27-7-9-29(10-8-27)49-43-46-25-34(45)40(52-43)35-4-3-5-37(50-35)54-21-2-1-6-39(54)56/h1-6,13,16,21,24-29,31,36,47H,7-12,14-15,17-20,22-23H2,(H,48,57)(H,46,49,52)(H,51,55,58). The number of piperidine rings is 2. The second-order valence-electron chi connectivity index (χ2n) is 16.1. The zero-order chi connectivity index (χ0) is 40.2. The summed E-state index contributed by atoms with van der Waals surface area (Å²) < 4.78 is 31.6. The zero-order valence-corrected chi connectivity index (χ0v) is 32.3. The van der Waals surface area contributed by atoms with Gasteiger partial charge in [-0.15, -0.1) is 0 Å². The van der Waals surface area contributed by atoms with Gasteiger partial charge in [0.25, 0.3) is 5.56 Å². The number of benzene rings is 1. The molecule has 4 aromatic rings. The number of imide groups is 1. The van der Waals surface area contributed by atoms with Crippen molar-refractivity contribution in [1.29, 1.82) is 0 Å². The van der Waals surface area contributed by atoms with Crippen molar-refractivity contribution in [3.63, 3.8) is 0 Å². The lowest BCUT2D eigenvalue weighted by molar-refractivity contribution is -0.133. The monoisotopic (exact) mass is 793 g/mol. The van der Waals surface area contributed by atoms with Crippen molar-refractivity contribution >= 4 is 29.4 Å². The number of halogens is 2. The van der Waals surface area contributed by atoms with E-state index in [1.54, 1.807) is 36.5 Å². The Hall–Kier alpha value is -5.57. The van der Waals surface area contributed by atoms with Gasteiger partial charge in [-0.1, -0.05) is 18.2 Å². The highest BCUT2D eigenvalue weighted by Crippen LogP contribution is 2.35. The van der Waals surface area contributed by atoms with Gasteiger partial charge in [-0.25, -0.2) is 23.7 Å². The number of nitrogens with zero attached hydrogens (tertiary/aromatic N) is 5. The quantitative estimate of drug-likeness (QED) is 0.152. The van der Waals surface area contributed by atoms with Crippen LogP contribution >= 0.6 is 0 Å². The van der Waals surface area contributed by atoms with Gasteiger partial charge in [-0.2, -0.15) is 0 Å². The third-order valence-corrected chi connectivity index (χ3v) is 12.3. The van der Waals surface area contributed by atoms with E-state index in [1.165, 1.54) is 16.7 Å². The Kier molecular flexibility index (Phi) is 11.9. The predicted molar refractivity (Wildman–Crippen MR) is 214 cm³/mol. The molecule has 15 heteroatoms. The minimum Gasteiger partial charge on any atom is -0.374 e. The maximum atomic E-state index is 15.3. The third-order valence-electron chi connectivity index (χ3n) is 12.3. The van der Waals surface area contributed by atoms with Crippen molar-refractivity contribution < 1.29 is 23.2 Å². The number of nitrogens with one attached hydrogen (secondary N) is 4. The summed E-state index contributed by atoms with van der Waals surface area (Å²) in [4.78, 5) is 64.9. The Bertz CT molecular complexity index is 2190. The van der Waals surface area contributed by atoms with E-state index in [0.29, 0.717) is 29.5 Å². The molecule has 13 nitrogen and oxygen atoms in total. The molecule has 2 saturated heterocycles. The third kappa shape index (κ3) is 9.09. The van der Waals surface area contributed by atoms with E-state index in [-0.39, 0.29) is 76.8 Å². The topological polar surface area (TPSA) is 163 Å². The number of carbonyl (C=O) groups is 3. The molecule has 3 aromatic heterocycles. The molecule has 2 saturated carbocycles. The number of rotatable bonds is 10. The van der Waals surface area contributed by atoms with Crippen molar-refractivity contribution in [3.8, 4) is 17.2 Å². The fourth-order valence-electron chi connectivity index (χ4n) is 9.07. The van der Waals surface area contributed by atoms with E-state index in [9.17, 15) is 23.6 Å². The molecule has 2 aliphatic carbocycles. The van der Waals surface area contributed by atoms with Crippen molar-refractivity contribution in [3.05, 3.63) is 94.5 Å². The fraction of sp³-hybridized carbons (Fsp3) is 0.465. The van der Waals surface area contributed by atoms with E-state index in [0.717, 1.165) is 83.5 Å². The predicted octanol–water partition coefficient (Wildman–Crippen LogP) is 5.46. The van der Waals surface area contributed by atoms with Crippen LogP contribution in [0.5, 0.6) is 0 Å². The van der Waals surface area contributed by atoms with Crippen LogP contribution < -0.4 is 26.8 Å². The first kappa shape index (κ1) is 39.3. The molecule has 2 aliphatic heterocycles. The number of amides is 3. The summed E-state index contributed by atoms with van der Waals surface area (Å²) in [6.45, 7) is 1.81. The van der Waals surface area contributed by atoms with Gasteiger partial charge in [0.15, 0.2) is 5.82 Å². The number of aromatic nitrogens is 4. The average Bonchev–Trinajstić information content (AvgIpc) is 3.23. The molecule has 4 N–H and O–H groups in total. The summed E-state index contributed by atoms with van der Waals surface area (Å²) in [5, 5.41) is 12.1. The highest BCUT2D eigenvalue weighted by Gasteiger charge is 2.33. The minimum absolute atomic E-state index is 0.0381.